The molecule has 1 N–H and O–H groups in total. The van der Waals surface area contributed by atoms with Gasteiger partial charge in [0.05, 0.1) is 4.91 Å². The summed E-state index contributed by atoms with van der Waals surface area (Å²) in [5.41, 5.74) is 1.03. The molecule has 1 aromatic heterocycles. The van der Waals surface area contributed by atoms with E-state index in [1.54, 1.807) is 19.1 Å². The van der Waals surface area contributed by atoms with Gasteiger partial charge in [-0.15, -0.1) is 10.2 Å². The first-order valence-electron chi connectivity index (χ1n) is 7.60. The molecule has 0 radical (unpaired) electrons. The summed E-state index contributed by atoms with van der Waals surface area (Å²) in [6.45, 7) is 1.64. The van der Waals surface area contributed by atoms with Gasteiger partial charge in [-0.05, 0) is 18.6 Å². The summed E-state index contributed by atoms with van der Waals surface area (Å²) in [6, 6.07) is 9.76. The molecule has 132 valence electrons. The zero-order valence-corrected chi connectivity index (χ0v) is 16.2. The number of nitrogens with one attached hydrogen (secondary N) is 1. The Hall–Kier alpha value is -2.36. The van der Waals surface area contributed by atoms with Crippen LogP contribution in [0.5, 0.6) is 0 Å². The highest BCUT2D eigenvalue weighted by molar-refractivity contribution is 8.26. The fourth-order valence-corrected chi connectivity index (χ4v) is 3.93. The van der Waals surface area contributed by atoms with Gasteiger partial charge < -0.3 is 0 Å². The second-order valence-corrected chi connectivity index (χ2v) is 8.09. The molecule has 2 aromatic rings. The van der Waals surface area contributed by atoms with Gasteiger partial charge in [0.25, 0.3) is 5.91 Å². The van der Waals surface area contributed by atoms with Crippen molar-refractivity contribution < 1.29 is 9.59 Å². The van der Waals surface area contributed by atoms with Crippen molar-refractivity contribution in [3.63, 3.8) is 0 Å². The van der Waals surface area contributed by atoms with Crippen LogP contribution in [0.3, 0.4) is 0 Å². The van der Waals surface area contributed by atoms with Crippen LogP contribution in [0.1, 0.15) is 10.6 Å². The van der Waals surface area contributed by atoms with E-state index in [1.165, 1.54) is 28.0 Å². The summed E-state index contributed by atoms with van der Waals surface area (Å²) in [5.74, 6) is -0.639. The standard InChI is InChI=1S/C17H14N4O2S3/c1-11-19-20-16(25-11)18-14(22)10-21-15(23)13(26-17(21)24)9-5-8-12-6-3-2-4-7-12/h2-9H,10H2,1H3,(H,18,20,22)/b8-5+,13-9-. The number of hydrogen-bond donors (Lipinski definition) is 1. The summed E-state index contributed by atoms with van der Waals surface area (Å²) >= 11 is 7.67. The van der Waals surface area contributed by atoms with Crippen LogP contribution >= 0.6 is 35.3 Å². The van der Waals surface area contributed by atoms with Gasteiger partial charge in [-0.2, -0.15) is 0 Å². The van der Waals surface area contributed by atoms with Gasteiger partial charge in [-0.1, -0.05) is 77.8 Å². The number of thiocarbonyl (C=S) groups is 1. The number of allylic oxidation sites excluding steroid dienone is 2. The number of amides is 2. The molecular weight excluding hydrogens is 388 g/mol. The maximum atomic E-state index is 12.5. The first-order valence-corrected chi connectivity index (χ1v) is 9.64. The second-order valence-electron chi connectivity index (χ2n) is 5.23. The molecule has 9 heteroatoms. The molecule has 1 aromatic carbocycles. The normalized spacial score (nSPS) is 16.0. The van der Waals surface area contributed by atoms with Crippen LogP contribution in [0.25, 0.3) is 6.08 Å². The number of nitrogens with zero attached hydrogens (tertiary/aromatic N) is 3. The van der Waals surface area contributed by atoms with E-state index in [2.05, 4.69) is 15.5 Å². The molecule has 0 saturated carbocycles. The fourth-order valence-electron chi connectivity index (χ4n) is 2.11. The molecule has 1 aliphatic rings. The smallest absolute Gasteiger partial charge is 0.266 e. The highest BCUT2D eigenvalue weighted by Gasteiger charge is 2.33. The molecule has 0 unspecified atom stereocenters. The average Bonchev–Trinajstić information content (AvgIpc) is 3.14. The lowest BCUT2D eigenvalue weighted by atomic mass is 10.2. The Morgan fingerprint density at radius 3 is 2.77 bits per heavy atom. The maximum absolute atomic E-state index is 12.5. The van der Waals surface area contributed by atoms with Crippen LogP contribution in [0.15, 0.2) is 47.4 Å². The van der Waals surface area contributed by atoms with Gasteiger partial charge >= 0.3 is 0 Å². The molecule has 1 aliphatic heterocycles. The monoisotopic (exact) mass is 402 g/mol. The van der Waals surface area contributed by atoms with Crippen LogP contribution in [-0.2, 0) is 9.59 Å². The molecular formula is C17H14N4O2S3. The van der Waals surface area contributed by atoms with E-state index >= 15 is 0 Å². The Labute approximate surface area is 164 Å². The summed E-state index contributed by atoms with van der Waals surface area (Å²) < 4.78 is 0.359. The van der Waals surface area contributed by atoms with Gasteiger partial charge in [-0.25, -0.2) is 0 Å². The lowest BCUT2D eigenvalue weighted by molar-refractivity contribution is -0.126. The third-order valence-corrected chi connectivity index (χ3v) is 5.43. The Bertz CT molecular complexity index is 906. The molecule has 2 amide bonds. The largest absolute Gasteiger partial charge is 0.299 e. The Morgan fingerprint density at radius 1 is 1.31 bits per heavy atom. The summed E-state index contributed by atoms with van der Waals surface area (Å²) in [6.07, 6.45) is 5.40. The quantitative estimate of drug-likeness (QED) is 0.611. The molecule has 3 rings (SSSR count). The van der Waals surface area contributed by atoms with Crippen molar-refractivity contribution in [3.05, 3.63) is 58.0 Å². The molecule has 0 spiro atoms. The average molecular weight is 403 g/mol. The molecule has 26 heavy (non-hydrogen) atoms. The van der Waals surface area contributed by atoms with Crippen LogP contribution in [-0.4, -0.2) is 37.8 Å². The van der Waals surface area contributed by atoms with Crippen molar-refractivity contribution in [2.24, 2.45) is 0 Å². The predicted molar refractivity (Wildman–Crippen MR) is 109 cm³/mol. The lowest BCUT2D eigenvalue weighted by Gasteiger charge is -2.12. The third-order valence-electron chi connectivity index (χ3n) is 3.28. The first kappa shape index (κ1) is 18.4. The molecule has 0 aliphatic carbocycles. The van der Waals surface area contributed by atoms with Gasteiger partial charge in [0, 0.05) is 0 Å². The molecule has 0 atom stereocenters. The number of benzene rings is 1. The first-order chi connectivity index (χ1) is 12.5. The number of aromatic nitrogens is 2. The topological polar surface area (TPSA) is 75.2 Å². The summed E-state index contributed by atoms with van der Waals surface area (Å²) in [5, 5.41) is 11.4. The maximum Gasteiger partial charge on any atom is 0.266 e. The fraction of sp³-hybridized carbons (Fsp3) is 0.118. The molecule has 2 heterocycles. The molecule has 6 nitrogen and oxygen atoms in total. The van der Waals surface area contributed by atoms with E-state index in [0.717, 1.165) is 10.6 Å². The molecule has 1 fully saturated rings. The van der Waals surface area contributed by atoms with Crippen LogP contribution in [0.4, 0.5) is 5.13 Å². The van der Waals surface area contributed by atoms with Gasteiger partial charge in [0.2, 0.25) is 11.0 Å². The van der Waals surface area contributed by atoms with Gasteiger partial charge in [0.1, 0.15) is 15.9 Å². The minimum Gasteiger partial charge on any atom is -0.299 e. The number of aryl methyl sites for hydroxylation is 1. The number of anilines is 1. The zero-order chi connectivity index (χ0) is 18.5. The van der Waals surface area contributed by atoms with Crippen molar-refractivity contribution in [2.45, 2.75) is 6.92 Å². The third kappa shape index (κ3) is 4.63. The van der Waals surface area contributed by atoms with E-state index < -0.39 is 0 Å². The zero-order valence-electron chi connectivity index (χ0n) is 13.7. The van der Waals surface area contributed by atoms with Crippen LogP contribution in [0.2, 0.25) is 0 Å². The Kier molecular flexibility index (Phi) is 5.92. The van der Waals surface area contributed by atoms with Gasteiger partial charge in [0.15, 0.2) is 0 Å². The van der Waals surface area contributed by atoms with E-state index in [-0.39, 0.29) is 18.4 Å². The number of rotatable bonds is 5. The van der Waals surface area contributed by atoms with E-state index in [0.29, 0.717) is 14.4 Å². The van der Waals surface area contributed by atoms with Crippen molar-refractivity contribution in [1.82, 2.24) is 15.1 Å². The van der Waals surface area contributed by atoms with Gasteiger partial charge in [-0.3, -0.25) is 19.8 Å². The van der Waals surface area contributed by atoms with E-state index in [4.69, 9.17) is 12.2 Å². The Balaban J connectivity index is 1.62. The number of hydrogen-bond acceptors (Lipinski definition) is 7. The molecule has 0 bridgehead atoms. The van der Waals surface area contributed by atoms with Crippen LogP contribution in [0, 0.1) is 6.92 Å². The SMILES string of the molecule is Cc1nnc(NC(=O)CN2C(=O)/C(=C/C=C/c3ccccc3)SC2=S)s1. The highest BCUT2D eigenvalue weighted by Crippen LogP contribution is 2.30. The lowest BCUT2D eigenvalue weighted by Crippen LogP contribution is -2.36. The summed E-state index contributed by atoms with van der Waals surface area (Å²) in [7, 11) is 0. The minimum absolute atomic E-state index is 0.150. The second kappa shape index (κ2) is 8.35. The Morgan fingerprint density at radius 2 is 2.08 bits per heavy atom. The van der Waals surface area contributed by atoms with Crippen molar-refractivity contribution in [1.29, 1.82) is 0 Å². The number of thioether (sulfide) groups is 1. The van der Waals surface area contributed by atoms with E-state index in [9.17, 15) is 9.59 Å². The summed E-state index contributed by atoms with van der Waals surface area (Å²) in [4.78, 5) is 26.3. The molecule has 1 saturated heterocycles. The number of carbonyl (C=O) groups is 2. The minimum atomic E-state index is -0.362. The van der Waals surface area contributed by atoms with Crippen molar-refractivity contribution in [2.75, 3.05) is 11.9 Å². The highest BCUT2D eigenvalue weighted by atomic mass is 32.2. The predicted octanol–water partition coefficient (Wildman–Crippen LogP) is 3.24. The van der Waals surface area contributed by atoms with Crippen molar-refractivity contribution >= 4 is 62.7 Å². The van der Waals surface area contributed by atoms with Crippen LogP contribution < -0.4 is 5.32 Å². The van der Waals surface area contributed by atoms with Crippen molar-refractivity contribution in [3.8, 4) is 0 Å². The van der Waals surface area contributed by atoms with E-state index in [1.807, 2.05) is 36.4 Å². The number of carbonyl (C=O) groups excluding carboxylic acids is 2.